The zero-order valence-corrected chi connectivity index (χ0v) is 17.3. The van der Waals surface area contributed by atoms with Crippen LogP contribution in [0.4, 0.5) is 0 Å². The van der Waals surface area contributed by atoms with Gasteiger partial charge in [-0.15, -0.1) is 0 Å². The van der Waals surface area contributed by atoms with Crippen molar-refractivity contribution in [3.8, 4) is 0 Å². The molecule has 0 aromatic rings. The lowest BCUT2D eigenvalue weighted by Crippen LogP contribution is -2.41. The summed E-state index contributed by atoms with van der Waals surface area (Å²) in [5.74, 6) is -0.919. The molecule has 0 spiro atoms. The number of carbonyl (C=O) groups excluding carboxylic acids is 1. The molecule has 0 aromatic heterocycles. The van der Waals surface area contributed by atoms with Gasteiger partial charge >= 0.3 is 5.97 Å². The molecule has 2 fully saturated rings. The van der Waals surface area contributed by atoms with Gasteiger partial charge in [0.15, 0.2) is 0 Å². The predicted octanol–water partition coefficient (Wildman–Crippen LogP) is 4.26. The number of carboxylic acid groups (broad SMARTS) is 1. The van der Waals surface area contributed by atoms with Crippen LogP contribution in [0.2, 0.25) is 0 Å². The van der Waals surface area contributed by atoms with Crippen LogP contribution in [0.15, 0.2) is 12.2 Å². The number of carboxylic acids is 1. The van der Waals surface area contributed by atoms with Gasteiger partial charge in [-0.1, -0.05) is 51.2 Å². The summed E-state index contributed by atoms with van der Waals surface area (Å²) in [6.45, 7) is 2.16. The normalized spacial score (nSPS) is 27.8. The highest BCUT2D eigenvalue weighted by molar-refractivity contribution is 5.84. The Hall–Kier alpha value is -1.20. The summed E-state index contributed by atoms with van der Waals surface area (Å²) in [4.78, 5) is 22.8. The maximum Gasteiger partial charge on any atom is 0.303 e. The van der Waals surface area contributed by atoms with E-state index in [9.17, 15) is 19.8 Å². The van der Waals surface area contributed by atoms with Gasteiger partial charge in [0, 0.05) is 24.7 Å². The fraction of sp³-hybridized carbons (Fsp3) is 0.826. The first kappa shape index (κ1) is 23.1. The minimum Gasteiger partial charge on any atom is -0.481 e. The van der Waals surface area contributed by atoms with E-state index in [1.54, 1.807) is 0 Å². The van der Waals surface area contributed by atoms with Crippen molar-refractivity contribution < 1.29 is 24.9 Å². The highest BCUT2D eigenvalue weighted by Gasteiger charge is 2.42. The van der Waals surface area contributed by atoms with Gasteiger partial charge in [0.2, 0.25) is 0 Å². The third kappa shape index (κ3) is 6.15. The number of carbonyl (C=O) groups is 2. The van der Waals surface area contributed by atoms with Gasteiger partial charge in [-0.3, -0.25) is 9.59 Å². The Balaban J connectivity index is 1.79. The largest absolute Gasteiger partial charge is 0.481 e. The van der Waals surface area contributed by atoms with Gasteiger partial charge in [-0.05, 0) is 43.9 Å². The Bertz CT molecular complexity index is 537. The summed E-state index contributed by atoms with van der Waals surface area (Å²) in [6, 6.07) is 0. The number of aliphatic carboxylic acids is 1. The predicted molar refractivity (Wildman–Crippen MR) is 109 cm³/mol. The van der Waals surface area contributed by atoms with Crippen LogP contribution in [-0.2, 0) is 9.59 Å². The highest BCUT2D eigenvalue weighted by Crippen LogP contribution is 2.48. The van der Waals surface area contributed by atoms with E-state index in [0.29, 0.717) is 12.8 Å². The zero-order valence-electron chi connectivity index (χ0n) is 17.3. The molecular formula is C23H38O5. The second-order valence-electron chi connectivity index (χ2n) is 8.91. The number of rotatable bonds is 13. The highest BCUT2D eigenvalue weighted by atomic mass is 16.4. The summed E-state index contributed by atoms with van der Waals surface area (Å²) in [7, 11) is 0. The minimum absolute atomic E-state index is 0.0819. The molecule has 28 heavy (non-hydrogen) atoms. The fourth-order valence-corrected chi connectivity index (χ4v) is 5.08. The molecule has 0 aromatic carbocycles. The summed E-state index contributed by atoms with van der Waals surface area (Å²) in [6.07, 6.45) is 13.7. The standard InChI is InChI=1S/C23H38O5/c1-2-13-23(14-8-15-23)21(26)11-7-10-18-17(19(24)16-20(18)25)9-5-3-4-6-12-22(27)28/h7,10,17-18,20-21,25-26H,2-6,8-9,11-16H2,1H3,(H,27,28). The van der Waals surface area contributed by atoms with Crippen molar-refractivity contribution in [3.05, 3.63) is 12.2 Å². The average Bonchev–Trinajstić information content (AvgIpc) is 2.87. The molecule has 2 aliphatic carbocycles. The third-order valence-electron chi connectivity index (χ3n) is 6.91. The molecule has 4 unspecified atom stereocenters. The van der Waals surface area contributed by atoms with E-state index in [1.807, 2.05) is 12.2 Å². The van der Waals surface area contributed by atoms with Crippen molar-refractivity contribution in [3.63, 3.8) is 0 Å². The first-order valence-electron chi connectivity index (χ1n) is 11.2. The summed E-state index contributed by atoms with van der Waals surface area (Å²) in [5.41, 5.74) is 0.0819. The van der Waals surface area contributed by atoms with Gasteiger partial charge in [0.05, 0.1) is 12.2 Å². The molecule has 4 atom stereocenters. The molecule has 5 nitrogen and oxygen atoms in total. The van der Waals surface area contributed by atoms with Crippen molar-refractivity contribution in [2.45, 2.75) is 103 Å². The summed E-state index contributed by atoms with van der Waals surface area (Å²) >= 11 is 0. The lowest BCUT2D eigenvalue weighted by molar-refractivity contribution is -0.137. The Morgan fingerprint density at radius 3 is 2.57 bits per heavy atom. The number of aliphatic hydroxyl groups is 2. The van der Waals surface area contributed by atoms with Gasteiger partial charge in [-0.2, -0.15) is 0 Å². The second-order valence-corrected chi connectivity index (χ2v) is 8.91. The van der Waals surface area contributed by atoms with Crippen molar-refractivity contribution in [1.82, 2.24) is 0 Å². The average molecular weight is 395 g/mol. The molecule has 2 saturated carbocycles. The molecule has 2 aliphatic rings. The molecule has 0 bridgehead atoms. The Kier molecular flexibility index (Phi) is 9.16. The number of Topliss-reactive ketones (excluding diaryl/α,β-unsaturated/α-hetero) is 1. The minimum atomic E-state index is -0.760. The number of unbranched alkanes of at least 4 members (excludes halogenated alkanes) is 3. The third-order valence-corrected chi connectivity index (χ3v) is 6.91. The molecule has 0 saturated heterocycles. The van der Waals surface area contributed by atoms with Crippen LogP contribution in [0.3, 0.4) is 0 Å². The van der Waals surface area contributed by atoms with Crippen LogP contribution in [0.5, 0.6) is 0 Å². The Labute approximate surface area is 169 Å². The number of hydrogen-bond donors (Lipinski definition) is 3. The number of ketones is 1. The van der Waals surface area contributed by atoms with Crippen LogP contribution in [0, 0.1) is 17.3 Å². The molecule has 3 N–H and O–H groups in total. The van der Waals surface area contributed by atoms with Crippen LogP contribution in [-0.4, -0.2) is 39.3 Å². The smallest absolute Gasteiger partial charge is 0.303 e. The first-order valence-corrected chi connectivity index (χ1v) is 11.2. The summed E-state index contributed by atoms with van der Waals surface area (Å²) in [5, 5.41) is 29.6. The monoisotopic (exact) mass is 394 g/mol. The zero-order chi connectivity index (χ0) is 20.6. The van der Waals surface area contributed by atoms with E-state index in [-0.39, 0.29) is 42.0 Å². The van der Waals surface area contributed by atoms with E-state index in [1.165, 1.54) is 6.42 Å². The number of hydrogen-bond acceptors (Lipinski definition) is 4. The van der Waals surface area contributed by atoms with E-state index < -0.39 is 12.1 Å². The lowest BCUT2D eigenvalue weighted by atomic mass is 9.62. The molecule has 0 heterocycles. The molecule has 160 valence electrons. The molecule has 0 aliphatic heterocycles. The van der Waals surface area contributed by atoms with Crippen molar-refractivity contribution in [1.29, 1.82) is 0 Å². The van der Waals surface area contributed by atoms with Crippen molar-refractivity contribution in [2.24, 2.45) is 17.3 Å². The van der Waals surface area contributed by atoms with Crippen LogP contribution in [0.1, 0.15) is 90.4 Å². The van der Waals surface area contributed by atoms with E-state index in [2.05, 4.69) is 6.92 Å². The van der Waals surface area contributed by atoms with E-state index in [4.69, 9.17) is 5.11 Å². The maximum atomic E-state index is 12.3. The molecule has 2 rings (SSSR count). The molecule has 5 heteroatoms. The van der Waals surface area contributed by atoms with Crippen LogP contribution >= 0.6 is 0 Å². The topological polar surface area (TPSA) is 94.8 Å². The number of aliphatic hydroxyl groups excluding tert-OH is 2. The van der Waals surface area contributed by atoms with Crippen molar-refractivity contribution >= 4 is 11.8 Å². The van der Waals surface area contributed by atoms with Gasteiger partial charge in [-0.25, -0.2) is 0 Å². The van der Waals surface area contributed by atoms with Crippen molar-refractivity contribution in [2.75, 3.05) is 0 Å². The van der Waals surface area contributed by atoms with Crippen LogP contribution in [0.25, 0.3) is 0 Å². The van der Waals surface area contributed by atoms with Gasteiger partial charge in [0.25, 0.3) is 0 Å². The first-order chi connectivity index (χ1) is 13.4. The fourth-order valence-electron chi connectivity index (χ4n) is 5.08. The molecule has 0 radical (unpaired) electrons. The SMILES string of the molecule is CCCC1(C(O)CC=CC2C(O)CC(=O)C2CCCCCCC(=O)O)CCC1. The Morgan fingerprint density at radius 1 is 1.25 bits per heavy atom. The quantitative estimate of drug-likeness (QED) is 0.320. The molecular weight excluding hydrogens is 356 g/mol. The van der Waals surface area contributed by atoms with Gasteiger partial charge < -0.3 is 15.3 Å². The second kappa shape index (κ2) is 11.1. The van der Waals surface area contributed by atoms with Gasteiger partial charge in [0.1, 0.15) is 5.78 Å². The van der Waals surface area contributed by atoms with E-state index in [0.717, 1.165) is 51.4 Å². The lowest BCUT2D eigenvalue weighted by Gasteiger charge is -2.45. The Morgan fingerprint density at radius 2 is 1.96 bits per heavy atom. The molecule has 0 amide bonds. The maximum absolute atomic E-state index is 12.3. The summed E-state index contributed by atoms with van der Waals surface area (Å²) < 4.78 is 0. The van der Waals surface area contributed by atoms with Crippen LogP contribution < -0.4 is 0 Å². The van der Waals surface area contributed by atoms with E-state index >= 15 is 0 Å².